The second-order valence-corrected chi connectivity index (χ2v) is 5.84. The largest absolute Gasteiger partial charge is 0.365 e. The summed E-state index contributed by atoms with van der Waals surface area (Å²) >= 11 is 5.85. The molecular formula is C16H17ClN4O. The van der Waals surface area contributed by atoms with Gasteiger partial charge in [-0.3, -0.25) is 4.79 Å². The number of carbonyl (C=O) groups excluding carboxylic acids is 1. The van der Waals surface area contributed by atoms with Gasteiger partial charge in [-0.15, -0.1) is 10.2 Å². The highest BCUT2D eigenvalue weighted by atomic mass is 35.5. The molecule has 1 fully saturated rings. The lowest BCUT2D eigenvalue weighted by Crippen LogP contribution is -2.28. The van der Waals surface area contributed by atoms with Gasteiger partial charge >= 0.3 is 0 Å². The minimum Gasteiger partial charge on any atom is -0.365 e. The molecule has 0 atom stereocenters. The molecule has 2 N–H and O–H groups in total. The SMILES string of the molecule is O=C(Nc1ccc(NCc2ccc(Cl)cc2)nn1)C1CCC1. The second-order valence-electron chi connectivity index (χ2n) is 5.40. The molecule has 0 radical (unpaired) electrons. The molecule has 1 saturated carbocycles. The molecule has 6 heteroatoms. The van der Waals surface area contributed by atoms with Crippen LogP contribution in [0.4, 0.5) is 11.6 Å². The van der Waals surface area contributed by atoms with E-state index in [2.05, 4.69) is 20.8 Å². The third-order valence-electron chi connectivity index (χ3n) is 3.78. The first-order valence-corrected chi connectivity index (χ1v) is 7.71. The van der Waals surface area contributed by atoms with Gasteiger partial charge in [-0.1, -0.05) is 30.2 Å². The molecule has 5 nitrogen and oxygen atoms in total. The van der Waals surface area contributed by atoms with Crippen molar-refractivity contribution in [3.05, 3.63) is 47.0 Å². The Labute approximate surface area is 134 Å². The Morgan fingerprint density at radius 2 is 1.77 bits per heavy atom. The third-order valence-corrected chi connectivity index (χ3v) is 4.03. The summed E-state index contributed by atoms with van der Waals surface area (Å²) < 4.78 is 0. The van der Waals surface area contributed by atoms with Gasteiger partial charge in [0, 0.05) is 17.5 Å². The van der Waals surface area contributed by atoms with Gasteiger partial charge in [-0.25, -0.2) is 0 Å². The maximum absolute atomic E-state index is 11.8. The monoisotopic (exact) mass is 316 g/mol. The number of carbonyl (C=O) groups is 1. The fourth-order valence-corrected chi connectivity index (χ4v) is 2.31. The summed E-state index contributed by atoms with van der Waals surface area (Å²) in [6.45, 7) is 0.639. The van der Waals surface area contributed by atoms with Crippen molar-refractivity contribution in [1.29, 1.82) is 0 Å². The summed E-state index contributed by atoms with van der Waals surface area (Å²) in [5.74, 6) is 1.34. The molecule has 0 spiro atoms. The molecule has 0 unspecified atom stereocenters. The van der Waals surface area contributed by atoms with Crippen LogP contribution in [-0.4, -0.2) is 16.1 Å². The van der Waals surface area contributed by atoms with Crippen molar-refractivity contribution in [2.24, 2.45) is 5.92 Å². The Balaban J connectivity index is 1.52. The summed E-state index contributed by atoms with van der Waals surface area (Å²) in [4.78, 5) is 11.8. The van der Waals surface area contributed by atoms with Gasteiger partial charge in [-0.2, -0.15) is 0 Å². The fraction of sp³-hybridized carbons (Fsp3) is 0.312. The minimum atomic E-state index is 0.0439. The predicted molar refractivity (Wildman–Crippen MR) is 86.8 cm³/mol. The van der Waals surface area contributed by atoms with Gasteiger partial charge in [0.05, 0.1) is 0 Å². The molecule has 3 rings (SSSR count). The average Bonchev–Trinajstić information content (AvgIpc) is 2.46. The maximum atomic E-state index is 11.8. The van der Waals surface area contributed by atoms with E-state index >= 15 is 0 Å². The third kappa shape index (κ3) is 3.74. The van der Waals surface area contributed by atoms with Crippen molar-refractivity contribution in [1.82, 2.24) is 10.2 Å². The lowest BCUT2D eigenvalue weighted by molar-refractivity contribution is -0.122. The van der Waals surface area contributed by atoms with Crippen LogP contribution in [-0.2, 0) is 11.3 Å². The minimum absolute atomic E-state index is 0.0439. The van der Waals surface area contributed by atoms with Crippen LogP contribution in [0.5, 0.6) is 0 Å². The number of hydrogen-bond donors (Lipinski definition) is 2. The molecule has 0 bridgehead atoms. The number of nitrogens with one attached hydrogen (secondary N) is 2. The van der Waals surface area contributed by atoms with E-state index in [0.29, 0.717) is 18.2 Å². The van der Waals surface area contributed by atoms with E-state index in [-0.39, 0.29) is 11.8 Å². The number of rotatable bonds is 5. The Hall–Kier alpha value is -2.14. The first-order chi connectivity index (χ1) is 10.7. The van der Waals surface area contributed by atoms with E-state index < -0.39 is 0 Å². The normalized spacial score (nSPS) is 14.2. The number of aromatic nitrogens is 2. The Kier molecular flexibility index (Phi) is 4.53. The average molecular weight is 317 g/mol. The standard InChI is InChI=1S/C16H17ClN4O/c17-13-6-4-11(5-7-13)10-18-14-8-9-15(21-20-14)19-16(22)12-2-1-3-12/h4-9,12H,1-3,10H2,(H,18,20)(H,19,21,22). The van der Waals surface area contributed by atoms with Crippen molar-refractivity contribution < 1.29 is 4.79 Å². The summed E-state index contributed by atoms with van der Waals surface area (Å²) in [7, 11) is 0. The van der Waals surface area contributed by atoms with Crippen molar-refractivity contribution in [2.75, 3.05) is 10.6 Å². The zero-order valence-corrected chi connectivity index (χ0v) is 12.8. The molecule has 114 valence electrons. The van der Waals surface area contributed by atoms with Crippen LogP contribution >= 0.6 is 11.6 Å². The van der Waals surface area contributed by atoms with E-state index in [1.54, 1.807) is 12.1 Å². The highest BCUT2D eigenvalue weighted by Gasteiger charge is 2.25. The molecule has 1 heterocycles. The number of amides is 1. The van der Waals surface area contributed by atoms with Crippen LogP contribution < -0.4 is 10.6 Å². The van der Waals surface area contributed by atoms with E-state index in [1.807, 2.05) is 24.3 Å². The highest BCUT2D eigenvalue weighted by molar-refractivity contribution is 6.30. The van der Waals surface area contributed by atoms with Crippen LogP contribution in [0.15, 0.2) is 36.4 Å². The lowest BCUT2D eigenvalue weighted by Gasteiger charge is -2.23. The van der Waals surface area contributed by atoms with E-state index in [0.717, 1.165) is 29.8 Å². The van der Waals surface area contributed by atoms with Crippen molar-refractivity contribution in [3.63, 3.8) is 0 Å². The van der Waals surface area contributed by atoms with Crippen LogP contribution in [0, 0.1) is 5.92 Å². The molecule has 1 aliphatic carbocycles. The number of anilines is 2. The lowest BCUT2D eigenvalue weighted by atomic mass is 9.85. The zero-order valence-electron chi connectivity index (χ0n) is 12.1. The molecule has 0 aliphatic heterocycles. The number of benzene rings is 1. The van der Waals surface area contributed by atoms with Crippen LogP contribution in [0.1, 0.15) is 24.8 Å². The molecule has 1 aromatic carbocycles. The second kappa shape index (κ2) is 6.75. The summed E-state index contributed by atoms with van der Waals surface area (Å²) in [5, 5.41) is 14.8. The summed E-state index contributed by atoms with van der Waals surface area (Å²) in [5.41, 5.74) is 1.11. The van der Waals surface area contributed by atoms with Gasteiger partial charge < -0.3 is 10.6 Å². The quantitative estimate of drug-likeness (QED) is 0.886. The smallest absolute Gasteiger partial charge is 0.228 e. The van der Waals surface area contributed by atoms with Crippen molar-refractivity contribution in [2.45, 2.75) is 25.8 Å². The first-order valence-electron chi connectivity index (χ1n) is 7.33. The maximum Gasteiger partial charge on any atom is 0.228 e. The molecule has 1 aliphatic rings. The Morgan fingerprint density at radius 3 is 2.36 bits per heavy atom. The van der Waals surface area contributed by atoms with E-state index in [9.17, 15) is 4.79 Å². The van der Waals surface area contributed by atoms with Gasteiger partial charge in [0.1, 0.15) is 5.82 Å². The van der Waals surface area contributed by atoms with Crippen LogP contribution in [0.3, 0.4) is 0 Å². The van der Waals surface area contributed by atoms with Gasteiger partial charge in [0.15, 0.2) is 5.82 Å². The van der Waals surface area contributed by atoms with Crippen LogP contribution in [0.25, 0.3) is 0 Å². The molecule has 22 heavy (non-hydrogen) atoms. The fourth-order valence-electron chi connectivity index (χ4n) is 2.19. The predicted octanol–water partition coefficient (Wildman–Crippen LogP) is 3.48. The highest BCUT2D eigenvalue weighted by Crippen LogP contribution is 2.27. The summed E-state index contributed by atoms with van der Waals surface area (Å²) in [6.07, 6.45) is 3.08. The topological polar surface area (TPSA) is 66.9 Å². The van der Waals surface area contributed by atoms with Crippen molar-refractivity contribution in [3.8, 4) is 0 Å². The Morgan fingerprint density at radius 1 is 1.09 bits per heavy atom. The molecule has 2 aromatic rings. The zero-order chi connectivity index (χ0) is 15.4. The molecule has 0 saturated heterocycles. The van der Waals surface area contributed by atoms with Gasteiger partial charge in [0.2, 0.25) is 5.91 Å². The Bertz CT molecular complexity index is 638. The van der Waals surface area contributed by atoms with E-state index in [4.69, 9.17) is 11.6 Å². The summed E-state index contributed by atoms with van der Waals surface area (Å²) in [6, 6.07) is 11.2. The molecular weight excluding hydrogens is 300 g/mol. The number of nitrogens with zero attached hydrogens (tertiary/aromatic N) is 2. The number of hydrogen-bond acceptors (Lipinski definition) is 4. The molecule has 1 aromatic heterocycles. The first kappa shape index (κ1) is 14.8. The van der Waals surface area contributed by atoms with Gasteiger partial charge in [0.25, 0.3) is 0 Å². The van der Waals surface area contributed by atoms with Crippen LogP contribution in [0.2, 0.25) is 5.02 Å². The van der Waals surface area contributed by atoms with E-state index in [1.165, 1.54) is 0 Å². The van der Waals surface area contributed by atoms with Crippen molar-refractivity contribution >= 4 is 29.1 Å². The molecule has 1 amide bonds. The number of halogens is 1. The van der Waals surface area contributed by atoms with Gasteiger partial charge in [-0.05, 0) is 42.7 Å².